The summed E-state index contributed by atoms with van der Waals surface area (Å²) in [5, 5.41) is 0.918. The lowest BCUT2D eigenvalue weighted by molar-refractivity contribution is -0.137. The Bertz CT molecular complexity index is 1070. The van der Waals surface area contributed by atoms with E-state index in [4.69, 9.17) is 9.15 Å². The number of carbonyl (C=O) groups excluding carboxylic acids is 1. The van der Waals surface area contributed by atoms with Gasteiger partial charge in [0.05, 0.1) is 11.5 Å². The highest BCUT2D eigenvalue weighted by Crippen LogP contribution is 2.29. The molecule has 1 unspecified atom stereocenters. The summed E-state index contributed by atoms with van der Waals surface area (Å²) in [6.45, 7) is 2.01. The van der Waals surface area contributed by atoms with Crippen molar-refractivity contribution in [2.75, 3.05) is 24.6 Å². The van der Waals surface area contributed by atoms with E-state index in [1.807, 2.05) is 6.07 Å². The first-order chi connectivity index (χ1) is 13.3. The number of ether oxygens (including phenoxy) is 1. The molecule has 0 radical (unpaired) electrons. The van der Waals surface area contributed by atoms with Gasteiger partial charge < -0.3 is 14.1 Å². The number of hydrogen-bond acceptors (Lipinski definition) is 6. The summed E-state index contributed by atoms with van der Waals surface area (Å²) in [5.41, 5.74) is 2.00. The fraction of sp³-hybridized carbons (Fsp3) is 0.500. The number of rotatable bonds is 3. The summed E-state index contributed by atoms with van der Waals surface area (Å²) in [7, 11) is -3.05. The van der Waals surface area contributed by atoms with Crippen LogP contribution in [-0.4, -0.2) is 49.9 Å². The van der Waals surface area contributed by atoms with Crippen LogP contribution in [0.25, 0.3) is 11.0 Å². The van der Waals surface area contributed by atoms with E-state index in [2.05, 4.69) is 0 Å². The number of benzene rings is 1. The van der Waals surface area contributed by atoms with E-state index in [1.165, 1.54) is 4.90 Å². The number of hydrogen-bond donors (Lipinski definition) is 0. The van der Waals surface area contributed by atoms with Crippen molar-refractivity contribution in [3.05, 3.63) is 39.7 Å². The van der Waals surface area contributed by atoms with Gasteiger partial charge in [-0.15, -0.1) is 0 Å². The number of sulfone groups is 1. The van der Waals surface area contributed by atoms with Crippen molar-refractivity contribution in [2.24, 2.45) is 0 Å². The second-order valence-electron chi connectivity index (χ2n) is 7.45. The van der Waals surface area contributed by atoms with Gasteiger partial charge in [0.25, 0.3) is 5.91 Å². The van der Waals surface area contributed by atoms with Crippen molar-refractivity contribution in [3.63, 3.8) is 0 Å². The highest BCUT2D eigenvalue weighted by atomic mass is 32.2. The van der Waals surface area contributed by atoms with E-state index >= 15 is 0 Å². The molecule has 150 valence electrons. The predicted octanol–water partition coefficient (Wildman–Crippen LogP) is 1.70. The zero-order chi connectivity index (χ0) is 19.9. The molecule has 0 N–H and O–H groups in total. The molecule has 7 nitrogen and oxygen atoms in total. The molecular weight excluding hydrogens is 382 g/mol. The lowest BCUT2D eigenvalue weighted by Gasteiger charge is -2.29. The molecule has 1 aromatic carbocycles. The van der Waals surface area contributed by atoms with Crippen LogP contribution in [0.1, 0.15) is 30.9 Å². The van der Waals surface area contributed by atoms with Gasteiger partial charge in [0.2, 0.25) is 0 Å². The van der Waals surface area contributed by atoms with Gasteiger partial charge in [-0.2, -0.15) is 0 Å². The van der Waals surface area contributed by atoms with Crippen LogP contribution in [0, 0.1) is 0 Å². The first-order valence-corrected chi connectivity index (χ1v) is 11.4. The van der Waals surface area contributed by atoms with Crippen LogP contribution in [0.4, 0.5) is 0 Å². The average molecular weight is 405 g/mol. The zero-order valence-electron chi connectivity index (χ0n) is 15.8. The van der Waals surface area contributed by atoms with Crippen molar-refractivity contribution in [3.8, 4) is 5.75 Å². The minimum atomic E-state index is -3.05. The van der Waals surface area contributed by atoms with Crippen molar-refractivity contribution in [1.82, 2.24) is 4.90 Å². The lowest BCUT2D eigenvalue weighted by Crippen LogP contribution is -2.48. The standard InChI is InChI=1S/C20H23NO6S/c1-13(19(22)21-8-10-28(24,25)11-9-21)26-14-6-7-16-15-4-2-3-5-17(15)20(23)27-18(16)12-14/h6-7,12-13H,2-5,8-11H2,1H3. The summed E-state index contributed by atoms with van der Waals surface area (Å²) >= 11 is 0. The Balaban J connectivity index is 1.53. The molecule has 2 heterocycles. The molecule has 1 fully saturated rings. The molecule has 1 saturated heterocycles. The lowest BCUT2D eigenvalue weighted by atomic mass is 9.91. The molecule has 1 amide bonds. The maximum atomic E-state index is 12.6. The van der Waals surface area contributed by atoms with Gasteiger partial charge in [0.15, 0.2) is 15.9 Å². The quantitative estimate of drug-likeness (QED) is 0.722. The van der Waals surface area contributed by atoms with Crippen LogP contribution in [0.2, 0.25) is 0 Å². The summed E-state index contributed by atoms with van der Waals surface area (Å²) in [4.78, 5) is 26.3. The van der Waals surface area contributed by atoms with E-state index in [9.17, 15) is 18.0 Å². The summed E-state index contributed by atoms with van der Waals surface area (Å²) in [6.07, 6.45) is 2.92. The molecule has 1 aliphatic heterocycles. The molecule has 2 aliphatic rings. The van der Waals surface area contributed by atoms with E-state index in [1.54, 1.807) is 19.1 Å². The predicted molar refractivity (Wildman–Crippen MR) is 104 cm³/mol. The smallest absolute Gasteiger partial charge is 0.339 e. The maximum Gasteiger partial charge on any atom is 0.339 e. The third-order valence-corrected chi connectivity index (χ3v) is 7.12. The van der Waals surface area contributed by atoms with Crippen LogP contribution in [0.3, 0.4) is 0 Å². The molecule has 1 atom stereocenters. The second-order valence-corrected chi connectivity index (χ2v) is 9.75. The third-order valence-electron chi connectivity index (χ3n) is 5.51. The highest BCUT2D eigenvalue weighted by molar-refractivity contribution is 7.91. The molecule has 1 aromatic heterocycles. The highest BCUT2D eigenvalue weighted by Gasteiger charge is 2.29. The van der Waals surface area contributed by atoms with Crippen LogP contribution in [-0.2, 0) is 27.5 Å². The number of carbonyl (C=O) groups is 1. The molecule has 1 aliphatic carbocycles. The van der Waals surface area contributed by atoms with Crippen molar-refractivity contribution < 1.29 is 22.4 Å². The van der Waals surface area contributed by atoms with Gasteiger partial charge in [-0.25, -0.2) is 13.2 Å². The number of amides is 1. The largest absolute Gasteiger partial charge is 0.481 e. The Morgan fingerprint density at radius 3 is 2.54 bits per heavy atom. The SMILES string of the molecule is CC(Oc1ccc2c3c(c(=O)oc2c1)CCCC3)C(=O)N1CCS(=O)(=O)CC1. The molecular formula is C20H23NO6S. The minimum Gasteiger partial charge on any atom is -0.481 e. The number of fused-ring (bicyclic) bond motifs is 3. The number of nitrogens with zero attached hydrogens (tertiary/aromatic N) is 1. The van der Waals surface area contributed by atoms with Crippen LogP contribution in [0.5, 0.6) is 5.75 Å². The summed E-state index contributed by atoms with van der Waals surface area (Å²) < 4.78 is 34.3. The normalized spacial score (nSPS) is 19.8. The van der Waals surface area contributed by atoms with Crippen molar-refractivity contribution >= 4 is 26.7 Å². The van der Waals surface area contributed by atoms with E-state index < -0.39 is 15.9 Å². The Labute approximate surface area is 163 Å². The van der Waals surface area contributed by atoms with E-state index in [0.29, 0.717) is 11.3 Å². The Morgan fingerprint density at radius 2 is 1.82 bits per heavy atom. The fourth-order valence-corrected chi connectivity index (χ4v) is 5.14. The van der Waals surface area contributed by atoms with Gasteiger partial charge in [0.1, 0.15) is 11.3 Å². The van der Waals surface area contributed by atoms with Gasteiger partial charge >= 0.3 is 5.63 Å². The number of aryl methyl sites for hydroxylation is 1. The van der Waals surface area contributed by atoms with Gasteiger partial charge in [-0.05, 0) is 50.3 Å². The van der Waals surface area contributed by atoms with E-state index in [-0.39, 0.29) is 36.1 Å². The summed E-state index contributed by atoms with van der Waals surface area (Å²) in [5.74, 6) is 0.161. The maximum absolute atomic E-state index is 12.6. The Kier molecular flexibility index (Phi) is 4.91. The topological polar surface area (TPSA) is 93.9 Å². The summed E-state index contributed by atoms with van der Waals surface area (Å²) in [6, 6.07) is 5.31. The van der Waals surface area contributed by atoms with Gasteiger partial charge in [-0.1, -0.05) is 0 Å². The average Bonchev–Trinajstić information content (AvgIpc) is 2.67. The molecule has 28 heavy (non-hydrogen) atoms. The second kappa shape index (κ2) is 7.24. The zero-order valence-corrected chi connectivity index (χ0v) is 16.6. The molecule has 0 spiro atoms. The van der Waals surface area contributed by atoms with Gasteiger partial charge in [0, 0.05) is 30.1 Å². The monoisotopic (exact) mass is 405 g/mol. The molecule has 2 aromatic rings. The van der Waals surface area contributed by atoms with Crippen molar-refractivity contribution in [2.45, 2.75) is 38.7 Å². The fourth-order valence-electron chi connectivity index (χ4n) is 3.94. The van der Waals surface area contributed by atoms with Gasteiger partial charge in [-0.3, -0.25) is 4.79 Å². The molecule has 8 heteroatoms. The first-order valence-electron chi connectivity index (χ1n) is 9.58. The van der Waals surface area contributed by atoms with Crippen LogP contribution in [0.15, 0.2) is 27.4 Å². The molecule has 4 rings (SSSR count). The van der Waals surface area contributed by atoms with E-state index in [0.717, 1.165) is 42.2 Å². The Hall–Kier alpha value is -2.35. The third kappa shape index (κ3) is 3.65. The van der Waals surface area contributed by atoms with Crippen LogP contribution < -0.4 is 10.4 Å². The minimum absolute atomic E-state index is 0.0162. The molecule has 0 saturated carbocycles. The van der Waals surface area contributed by atoms with Crippen LogP contribution >= 0.6 is 0 Å². The Morgan fingerprint density at radius 1 is 1.14 bits per heavy atom. The van der Waals surface area contributed by atoms with Crippen molar-refractivity contribution in [1.29, 1.82) is 0 Å². The molecule has 0 bridgehead atoms. The first kappa shape index (κ1) is 19.0.